The molecule has 0 bridgehead atoms. The molecular formula is C19H24N2O8S2. The summed E-state index contributed by atoms with van der Waals surface area (Å²) in [6, 6.07) is 15.2. The predicted molar refractivity (Wildman–Crippen MR) is 111 cm³/mol. The minimum absolute atomic E-state index is 0.00260. The van der Waals surface area contributed by atoms with Crippen LogP contribution in [0.1, 0.15) is 6.92 Å². The lowest BCUT2D eigenvalue weighted by Gasteiger charge is -2.22. The van der Waals surface area contributed by atoms with Gasteiger partial charge in [-0.2, -0.15) is 16.8 Å². The Balaban J connectivity index is 1.93. The van der Waals surface area contributed by atoms with Gasteiger partial charge in [-0.05, 0) is 31.2 Å². The van der Waals surface area contributed by atoms with Crippen LogP contribution in [0.2, 0.25) is 0 Å². The summed E-state index contributed by atoms with van der Waals surface area (Å²) in [6.07, 6.45) is -0.778. The van der Waals surface area contributed by atoms with Gasteiger partial charge in [-0.3, -0.25) is 13.8 Å². The van der Waals surface area contributed by atoms with E-state index >= 15 is 0 Å². The number of nitrogens with one attached hydrogen (secondary N) is 1. The molecule has 170 valence electrons. The Hall–Kier alpha value is -2.51. The van der Waals surface area contributed by atoms with Crippen LogP contribution in [0, 0.1) is 0 Å². The number of amides is 1. The molecule has 0 atom stereocenters. The fourth-order valence-electron chi connectivity index (χ4n) is 2.34. The van der Waals surface area contributed by atoms with Gasteiger partial charge in [0.1, 0.15) is 0 Å². The van der Waals surface area contributed by atoms with E-state index in [4.69, 9.17) is 13.1 Å². The molecule has 0 aliphatic heterocycles. The third kappa shape index (κ3) is 8.26. The lowest BCUT2D eigenvalue weighted by molar-refractivity contribution is 0.0928. The van der Waals surface area contributed by atoms with Crippen LogP contribution in [-0.2, 0) is 33.3 Å². The Morgan fingerprint density at radius 3 is 1.61 bits per heavy atom. The first-order valence-corrected chi connectivity index (χ1v) is 12.1. The topological polar surface area (TPSA) is 128 Å². The zero-order chi connectivity index (χ0) is 22.7. The summed E-state index contributed by atoms with van der Waals surface area (Å²) < 4.78 is 63.5. The molecule has 0 saturated heterocycles. The monoisotopic (exact) mass is 472 g/mol. The fraction of sp³-hybridized carbons (Fsp3) is 0.316. The van der Waals surface area contributed by atoms with E-state index in [1.165, 1.54) is 29.3 Å². The zero-order valence-electron chi connectivity index (χ0n) is 16.8. The smallest absolute Gasteiger partial charge is 0.421 e. The number of carbonyl (C=O) groups excluding carboxylic acids is 1. The van der Waals surface area contributed by atoms with E-state index in [1.54, 1.807) is 43.3 Å². The van der Waals surface area contributed by atoms with Gasteiger partial charge < -0.3 is 4.74 Å². The minimum atomic E-state index is -3.97. The first-order chi connectivity index (χ1) is 14.7. The second-order valence-electron chi connectivity index (χ2n) is 6.00. The van der Waals surface area contributed by atoms with Crippen molar-refractivity contribution in [1.29, 1.82) is 0 Å². The average Bonchev–Trinajstić information content (AvgIpc) is 2.75. The molecule has 2 rings (SSSR count). The van der Waals surface area contributed by atoms with Crippen molar-refractivity contribution in [2.75, 3.05) is 32.9 Å². The standard InChI is InChI=1S/C19H24N2O8S2/c1-2-27-19(22)20-21(13-15-28-30(23,24)17-9-5-3-6-10-17)14-16-29-31(25,26)18-11-7-4-8-12-18/h3-12H,2,13-16H2,1H3,(H,20,22). The maximum Gasteiger partial charge on any atom is 0.421 e. The van der Waals surface area contributed by atoms with Crippen LogP contribution in [0.3, 0.4) is 0 Å². The van der Waals surface area contributed by atoms with Gasteiger partial charge in [0.05, 0.1) is 29.6 Å². The highest BCUT2D eigenvalue weighted by Gasteiger charge is 2.18. The summed E-state index contributed by atoms with van der Waals surface area (Å²) >= 11 is 0. The lowest BCUT2D eigenvalue weighted by atomic mass is 10.4. The number of hydrogen-bond donors (Lipinski definition) is 1. The Morgan fingerprint density at radius 1 is 0.806 bits per heavy atom. The molecule has 0 aromatic heterocycles. The van der Waals surface area contributed by atoms with E-state index in [1.807, 2.05) is 0 Å². The quantitative estimate of drug-likeness (QED) is 0.363. The number of hydrogen-bond acceptors (Lipinski definition) is 9. The molecule has 0 spiro atoms. The van der Waals surface area contributed by atoms with Crippen LogP contribution in [-0.4, -0.2) is 60.8 Å². The van der Waals surface area contributed by atoms with Gasteiger partial charge in [0.15, 0.2) is 0 Å². The molecule has 0 unspecified atom stereocenters. The third-order valence-corrected chi connectivity index (χ3v) is 6.44. The molecule has 1 amide bonds. The second kappa shape index (κ2) is 11.8. The zero-order valence-corrected chi connectivity index (χ0v) is 18.5. The normalized spacial score (nSPS) is 11.9. The van der Waals surface area contributed by atoms with Gasteiger partial charge in [0, 0.05) is 13.1 Å². The molecule has 0 aliphatic carbocycles. The molecule has 0 heterocycles. The molecule has 0 aliphatic rings. The molecule has 12 heteroatoms. The third-order valence-electron chi connectivity index (χ3n) is 3.79. The average molecular weight is 473 g/mol. The molecule has 2 aromatic carbocycles. The summed E-state index contributed by atoms with van der Waals surface area (Å²) in [6.45, 7) is 1.01. The van der Waals surface area contributed by atoms with Crippen molar-refractivity contribution in [3.63, 3.8) is 0 Å². The summed E-state index contributed by atoms with van der Waals surface area (Å²) in [5.74, 6) is 0. The number of ether oxygens (including phenoxy) is 1. The van der Waals surface area contributed by atoms with Crippen molar-refractivity contribution < 1.29 is 34.7 Å². The molecular weight excluding hydrogens is 448 g/mol. The highest BCUT2D eigenvalue weighted by atomic mass is 32.2. The Morgan fingerprint density at radius 2 is 1.23 bits per heavy atom. The number of carbonyl (C=O) groups is 1. The highest BCUT2D eigenvalue weighted by molar-refractivity contribution is 7.87. The first kappa shape index (κ1) is 24.8. The number of benzene rings is 2. The Bertz CT molecular complexity index is 954. The first-order valence-electron chi connectivity index (χ1n) is 9.32. The minimum Gasteiger partial charge on any atom is -0.449 e. The van der Waals surface area contributed by atoms with Crippen molar-refractivity contribution in [3.05, 3.63) is 60.7 Å². The van der Waals surface area contributed by atoms with Crippen LogP contribution in [0.15, 0.2) is 70.5 Å². The highest BCUT2D eigenvalue weighted by Crippen LogP contribution is 2.12. The van der Waals surface area contributed by atoms with Gasteiger partial charge in [-0.1, -0.05) is 36.4 Å². The number of nitrogens with zero attached hydrogens (tertiary/aromatic N) is 1. The van der Waals surface area contributed by atoms with E-state index in [0.29, 0.717) is 0 Å². The summed E-state index contributed by atoms with van der Waals surface area (Å²) in [7, 11) is -7.94. The van der Waals surface area contributed by atoms with E-state index < -0.39 is 26.3 Å². The van der Waals surface area contributed by atoms with Gasteiger partial charge in [-0.25, -0.2) is 9.80 Å². The van der Waals surface area contributed by atoms with Crippen LogP contribution >= 0.6 is 0 Å². The summed E-state index contributed by atoms with van der Waals surface area (Å²) in [5, 5.41) is 1.25. The summed E-state index contributed by atoms with van der Waals surface area (Å²) in [5.41, 5.74) is 2.39. The van der Waals surface area contributed by atoms with E-state index in [9.17, 15) is 21.6 Å². The fourth-order valence-corrected chi connectivity index (χ4v) is 4.18. The van der Waals surface area contributed by atoms with Crippen molar-refractivity contribution >= 4 is 26.3 Å². The van der Waals surface area contributed by atoms with E-state index in [0.717, 1.165) is 0 Å². The predicted octanol–water partition coefficient (Wildman–Crippen LogP) is 1.76. The Kier molecular flexibility index (Phi) is 9.40. The van der Waals surface area contributed by atoms with Crippen LogP contribution in [0.25, 0.3) is 0 Å². The van der Waals surface area contributed by atoms with Gasteiger partial charge in [0.2, 0.25) is 0 Å². The van der Waals surface area contributed by atoms with E-state index in [2.05, 4.69) is 5.43 Å². The van der Waals surface area contributed by atoms with Crippen LogP contribution in [0.5, 0.6) is 0 Å². The van der Waals surface area contributed by atoms with Crippen molar-refractivity contribution in [1.82, 2.24) is 10.4 Å². The maximum absolute atomic E-state index is 12.2. The van der Waals surface area contributed by atoms with Crippen molar-refractivity contribution in [2.45, 2.75) is 16.7 Å². The molecule has 0 radical (unpaired) electrons. The molecule has 0 fully saturated rings. The Labute approximate surface area is 181 Å². The maximum atomic E-state index is 12.2. The second-order valence-corrected chi connectivity index (χ2v) is 9.23. The molecule has 1 N–H and O–H groups in total. The van der Waals surface area contributed by atoms with Gasteiger partial charge in [0.25, 0.3) is 20.2 Å². The molecule has 10 nitrogen and oxygen atoms in total. The summed E-state index contributed by atoms with van der Waals surface area (Å²) in [4.78, 5) is 11.7. The SMILES string of the molecule is CCOC(=O)NN(CCOS(=O)(=O)c1ccccc1)CCOS(=O)(=O)c1ccccc1. The largest absolute Gasteiger partial charge is 0.449 e. The van der Waals surface area contributed by atoms with Crippen molar-refractivity contribution in [3.8, 4) is 0 Å². The van der Waals surface area contributed by atoms with E-state index in [-0.39, 0.29) is 42.7 Å². The molecule has 31 heavy (non-hydrogen) atoms. The molecule has 0 saturated carbocycles. The lowest BCUT2D eigenvalue weighted by Crippen LogP contribution is -2.46. The van der Waals surface area contributed by atoms with Gasteiger partial charge in [-0.15, -0.1) is 0 Å². The number of hydrazine groups is 1. The van der Waals surface area contributed by atoms with Crippen LogP contribution in [0.4, 0.5) is 4.79 Å². The number of rotatable bonds is 12. The van der Waals surface area contributed by atoms with Crippen molar-refractivity contribution in [2.24, 2.45) is 0 Å². The van der Waals surface area contributed by atoms with Crippen LogP contribution < -0.4 is 5.43 Å². The molecule has 2 aromatic rings. The van der Waals surface area contributed by atoms with Gasteiger partial charge >= 0.3 is 6.09 Å².